The molecule has 3 nitrogen and oxygen atoms in total. The number of carboxylic acid groups (broad SMARTS) is 1. The Morgan fingerprint density at radius 3 is 2.43 bits per heavy atom. The summed E-state index contributed by atoms with van der Waals surface area (Å²) in [6, 6.07) is 16.1. The summed E-state index contributed by atoms with van der Waals surface area (Å²) >= 11 is 0. The first kappa shape index (κ1) is 14.9. The highest BCUT2D eigenvalue weighted by Crippen LogP contribution is 2.23. The molecule has 0 amide bonds. The van der Waals surface area contributed by atoms with Gasteiger partial charge in [-0.3, -0.25) is 0 Å². The lowest BCUT2D eigenvalue weighted by molar-refractivity contribution is -0.132. The monoisotopic (exact) mass is 281 g/mol. The predicted molar refractivity (Wildman–Crippen MR) is 87.3 cm³/mol. The third-order valence-corrected chi connectivity index (χ3v) is 3.39. The third kappa shape index (κ3) is 3.72. The molecule has 2 aromatic rings. The van der Waals surface area contributed by atoms with E-state index in [-0.39, 0.29) is 0 Å². The van der Waals surface area contributed by atoms with Crippen molar-refractivity contribution in [3.8, 4) is 11.1 Å². The molecular weight excluding hydrogens is 262 g/mol. The molecular formula is C18H19NO2. The Kier molecular flexibility index (Phi) is 4.77. The van der Waals surface area contributed by atoms with E-state index in [1.54, 1.807) is 6.08 Å². The van der Waals surface area contributed by atoms with Gasteiger partial charge in [0.2, 0.25) is 0 Å². The fourth-order valence-electron chi connectivity index (χ4n) is 2.14. The van der Waals surface area contributed by atoms with Crippen molar-refractivity contribution >= 4 is 17.7 Å². The van der Waals surface area contributed by atoms with Gasteiger partial charge in [0.15, 0.2) is 0 Å². The molecule has 0 heterocycles. The van der Waals surface area contributed by atoms with E-state index in [0.717, 1.165) is 22.4 Å². The highest BCUT2D eigenvalue weighted by molar-refractivity contribution is 5.92. The van der Waals surface area contributed by atoms with Crippen molar-refractivity contribution in [2.45, 2.75) is 13.3 Å². The minimum Gasteiger partial charge on any atom is -0.478 e. The van der Waals surface area contributed by atoms with Crippen LogP contribution in [0.25, 0.3) is 17.2 Å². The van der Waals surface area contributed by atoms with Gasteiger partial charge in [-0.15, -0.1) is 0 Å². The summed E-state index contributed by atoms with van der Waals surface area (Å²) in [5, 5.41) is 12.2. The van der Waals surface area contributed by atoms with Gasteiger partial charge in [-0.2, -0.15) is 0 Å². The predicted octanol–water partition coefficient (Wildman–Crippen LogP) is 4.27. The van der Waals surface area contributed by atoms with Gasteiger partial charge in [0, 0.05) is 18.3 Å². The van der Waals surface area contributed by atoms with Crippen molar-refractivity contribution in [3.63, 3.8) is 0 Å². The molecule has 2 rings (SSSR count). The van der Waals surface area contributed by atoms with Crippen molar-refractivity contribution in [3.05, 3.63) is 59.7 Å². The summed E-state index contributed by atoms with van der Waals surface area (Å²) in [4.78, 5) is 11.0. The molecule has 108 valence electrons. The SMILES string of the molecule is CC/C(=C/c1ccc(-c2cccc(NC)c2)cc1)C(=O)O. The third-order valence-electron chi connectivity index (χ3n) is 3.39. The maximum absolute atomic E-state index is 11.0. The van der Waals surface area contributed by atoms with Gasteiger partial charge in [0.25, 0.3) is 0 Å². The van der Waals surface area contributed by atoms with Crippen LogP contribution in [0.1, 0.15) is 18.9 Å². The average Bonchev–Trinajstić information content (AvgIpc) is 2.53. The largest absolute Gasteiger partial charge is 0.478 e. The quantitative estimate of drug-likeness (QED) is 0.804. The van der Waals surface area contributed by atoms with E-state index in [0.29, 0.717) is 12.0 Å². The number of rotatable bonds is 5. The number of carbonyl (C=O) groups is 1. The Morgan fingerprint density at radius 1 is 1.14 bits per heavy atom. The zero-order valence-electron chi connectivity index (χ0n) is 12.3. The second-order valence-corrected chi connectivity index (χ2v) is 4.78. The number of nitrogens with one attached hydrogen (secondary N) is 1. The smallest absolute Gasteiger partial charge is 0.331 e. The van der Waals surface area contributed by atoms with E-state index in [4.69, 9.17) is 5.11 Å². The molecule has 2 N–H and O–H groups in total. The van der Waals surface area contributed by atoms with Gasteiger partial charge in [0.1, 0.15) is 0 Å². The van der Waals surface area contributed by atoms with Crippen molar-refractivity contribution in [2.75, 3.05) is 12.4 Å². The molecule has 0 atom stereocenters. The second-order valence-electron chi connectivity index (χ2n) is 4.78. The Morgan fingerprint density at radius 2 is 1.86 bits per heavy atom. The molecule has 0 aliphatic carbocycles. The van der Waals surface area contributed by atoms with Crippen LogP contribution in [0, 0.1) is 0 Å². The van der Waals surface area contributed by atoms with Gasteiger partial charge >= 0.3 is 5.97 Å². The van der Waals surface area contributed by atoms with E-state index < -0.39 is 5.97 Å². The lowest BCUT2D eigenvalue weighted by atomic mass is 10.0. The standard InChI is InChI=1S/C18H19NO2/c1-3-14(18(20)21)11-13-7-9-15(10-8-13)16-5-4-6-17(12-16)19-2/h4-12,19H,3H2,1-2H3,(H,20,21)/b14-11-. The summed E-state index contributed by atoms with van der Waals surface area (Å²) in [7, 11) is 1.89. The highest BCUT2D eigenvalue weighted by atomic mass is 16.4. The van der Waals surface area contributed by atoms with E-state index in [1.165, 1.54) is 0 Å². The topological polar surface area (TPSA) is 49.3 Å². The summed E-state index contributed by atoms with van der Waals surface area (Å²) in [5.74, 6) is -0.858. The molecule has 0 aromatic heterocycles. The van der Waals surface area contributed by atoms with Gasteiger partial charge < -0.3 is 10.4 Å². The normalized spacial score (nSPS) is 11.2. The zero-order chi connectivity index (χ0) is 15.2. The first-order valence-corrected chi connectivity index (χ1v) is 6.96. The summed E-state index contributed by atoms with van der Waals surface area (Å²) in [6.07, 6.45) is 2.23. The van der Waals surface area contributed by atoms with Gasteiger partial charge in [0.05, 0.1) is 0 Å². The molecule has 3 heteroatoms. The van der Waals surface area contributed by atoms with E-state index in [1.807, 2.05) is 50.4 Å². The first-order valence-electron chi connectivity index (χ1n) is 6.96. The Hall–Kier alpha value is -2.55. The first-order chi connectivity index (χ1) is 10.1. The average molecular weight is 281 g/mol. The van der Waals surface area contributed by atoms with Crippen molar-refractivity contribution in [1.82, 2.24) is 0 Å². The van der Waals surface area contributed by atoms with Crippen LogP contribution in [0.3, 0.4) is 0 Å². The lowest BCUT2D eigenvalue weighted by Crippen LogP contribution is -1.98. The maximum atomic E-state index is 11.0. The Bertz CT molecular complexity index is 657. The molecule has 0 aliphatic rings. The molecule has 0 spiro atoms. The molecule has 0 aliphatic heterocycles. The van der Waals surface area contributed by atoms with Crippen LogP contribution in [0.15, 0.2) is 54.1 Å². The number of hydrogen-bond acceptors (Lipinski definition) is 2. The second kappa shape index (κ2) is 6.75. The van der Waals surface area contributed by atoms with Crippen molar-refractivity contribution < 1.29 is 9.90 Å². The number of benzene rings is 2. The van der Waals surface area contributed by atoms with Crippen LogP contribution in [0.5, 0.6) is 0 Å². The molecule has 0 saturated carbocycles. The zero-order valence-corrected chi connectivity index (χ0v) is 12.3. The van der Waals surface area contributed by atoms with Crippen LogP contribution >= 0.6 is 0 Å². The number of hydrogen-bond donors (Lipinski definition) is 2. The van der Waals surface area contributed by atoms with Crippen LogP contribution in [-0.4, -0.2) is 18.1 Å². The van der Waals surface area contributed by atoms with Gasteiger partial charge in [-0.25, -0.2) is 4.79 Å². The summed E-state index contributed by atoms with van der Waals surface area (Å²) in [6.45, 7) is 1.84. The molecule has 0 saturated heterocycles. The van der Waals surface area contributed by atoms with Crippen molar-refractivity contribution in [1.29, 1.82) is 0 Å². The van der Waals surface area contributed by atoms with Gasteiger partial charge in [-0.05, 0) is 41.3 Å². The minimum atomic E-state index is -0.858. The van der Waals surface area contributed by atoms with E-state index in [2.05, 4.69) is 17.4 Å². The van der Waals surface area contributed by atoms with E-state index in [9.17, 15) is 4.79 Å². The minimum absolute atomic E-state index is 0.417. The molecule has 21 heavy (non-hydrogen) atoms. The summed E-state index contributed by atoms with van der Waals surface area (Å²) in [5.41, 5.74) is 4.63. The molecule has 0 bridgehead atoms. The molecule has 2 aromatic carbocycles. The van der Waals surface area contributed by atoms with Crippen LogP contribution in [0.4, 0.5) is 5.69 Å². The number of aliphatic carboxylic acids is 1. The molecule has 0 unspecified atom stereocenters. The maximum Gasteiger partial charge on any atom is 0.331 e. The Balaban J connectivity index is 2.28. The van der Waals surface area contributed by atoms with Crippen LogP contribution < -0.4 is 5.32 Å². The molecule has 0 radical (unpaired) electrons. The number of anilines is 1. The van der Waals surface area contributed by atoms with Crippen molar-refractivity contribution in [2.24, 2.45) is 0 Å². The fourth-order valence-corrected chi connectivity index (χ4v) is 2.14. The number of carboxylic acids is 1. The van der Waals surface area contributed by atoms with Crippen LogP contribution in [-0.2, 0) is 4.79 Å². The molecule has 0 fully saturated rings. The Labute approximate surface area is 124 Å². The lowest BCUT2D eigenvalue weighted by Gasteiger charge is -2.06. The highest BCUT2D eigenvalue weighted by Gasteiger charge is 2.04. The van der Waals surface area contributed by atoms with Crippen LogP contribution in [0.2, 0.25) is 0 Å². The summed E-state index contributed by atoms with van der Waals surface area (Å²) < 4.78 is 0. The van der Waals surface area contributed by atoms with E-state index >= 15 is 0 Å². The van der Waals surface area contributed by atoms with Gasteiger partial charge in [-0.1, -0.05) is 43.3 Å². The fraction of sp³-hybridized carbons (Fsp3) is 0.167.